The minimum atomic E-state index is -0.210. The van der Waals surface area contributed by atoms with E-state index in [4.69, 9.17) is 18.9 Å². The number of halogens is 1. The van der Waals surface area contributed by atoms with Gasteiger partial charge in [-0.1, -0.05) is 0 Å². The van der Waals surface area contributed by atoms with Crippen LogP contribution in [0.15, 0.2) is 29.1 Å². The lowest BCUT2D eigenvalue weighted by Gasteiger charge is -2.19. The number of carbonyl (C=O) groups excluding carboxylic acids is 1. The van der Waals surface area contributed by atoms with Crippen LogP contribution < -0.4 is 24.5 Å². The van der Waals surface area contributed by atoms with Crippen molar-refractivity contribution in [2.24, 2.45) is 0 Å². The van der Waals surface area contributed by atoms with Gasteiger partial charge in [0.15, 0.2) is 28.8 Å². The number of aliphatic hydroxyl groups excluding tert-OH is 1. The molecule has 0 saturated heterocycles. The number of ether oxygens (including phenoxy) is 4. The Hall–Kier alpha value is -3.27. The van der Waals surface area contributed by atoms with Gasteiger partial charge in [0.1, 0.15) is 0 Å². The number of hydrogen-bond acceptors (Lipinski definition) is 8. The van der Waals surface area contributed by atoms with E-state index in [1.165, 1.54) is 14.2 Å². The second-order valence-corrected chi connectivity index (χ2v) is 8.39. The zero-order chi connectivity index (χ0) is 24.0. The lowest BCUT2D eigenvalue weighted by atomic mass is 10.0. The largest absolute Gasteiger partial charge is 0.493 e. The summed E-state index contributed by atoms with van der Waals surface area (Å²) in [6.07, 6.45) is 0.662. The molecule has 1 aliphatic carbocycles. The van der Waals surface area contributed by atoms with Crippen molar-refractivity contribution in [3.8, 4) is 34.3 Å². The highest BCUT2D eigenvalue weighted by Crippen LogP contribution is 2.46. The summed E-state index contributed by atoms with van der Waals surface area (Å²) in [4.78, 5) is 29.4. The highest BCUT2D eigenvalue weighted by Gasteiger charge is 2.35. The number of nitrogens with zero attached hydrogens (tertiary/aromatic N) is 2. The van der Waals surface area contributed by atoms with E-state index in [1.54, 1.807) is 28.8 Å². The molecule has 2 aromatic carbocycles. The van der Waals surface area contributed by atoms with Gasteiger partial charge in [-0.15, -0.1) is 12.4 Å². The van der Waals surface area contributed by atoms with Crippen LogP contribution in [0.25, 0.3) is 22.0 Å². The predicted octanol–water partition coefficient (Wildman–Crippen LogP) is 2.69. The molecule has 35 heavy (non-hydrogen) atoms. The normalized spacial score (nSPS) is 13.1. The molecule has 9 nitrogen and oxygen atoms in total. The van der Waals surface area contributed by atoms with Gasteiger partial charge in [-0.05, 0) is 44.3 Å². The molecule has 3 aromatic rings. The van der Waals surface area contributed by atoms with Gasteiger partial charge < -0.3 is 33.5 Å². The van der Waals surface area contributed by atoms with Crippen LogP contribution in [0.1, 0.15) is 22.3 Å². The van der Waals surface area contributed by atoms with E-state index in [-0.39, 0.29) is 37.1 Å². The molecule has 1 aliphatic heterocycles. The van der Waals surface area contributed by atoms with Gasteiger partial charge >= 0.3 is 0 Å². The molecule has 0 saturated carbocycles. The average Bonchev–Trinajstić information content (AvgIpc) is 3.41. The van der Waals surface area contributed by atoms with E-state index in [0.717, 1.165) is 0 Å². The fraction of sp³-hybridized carbons (Fsp3) is 0.360. The summed E-state index contributed by atoms with van der Waals surface area (Å²) in [5, 5.41) is 10.1. The fourth-order valence-electron chi connectivity index (χ4n) is 4.74. The molecule has 1 N–H and O–H groups in total. The molecule has 0 radical (unpaired) electrons. The molecule has 2 aliphatic rings. The number of pyridine rings is 1. The number of hydrogen-bond donors (Lipinski definition) is 1. The Morgan fingerprint density at radius 1 is 0.971 bits per heavy atom. The van der Waals surface area contributed by atoms with Crippen LogP contribution in [-0.4, -0.2) is 68.1 Å². The number of likely N-dealkylation sites (N-methyl/N-ethyl adjacent to an activating group) is 1. The summed E-state index contributed by atoms with van der Waals surface area (Å²) in [6, 6.07) is 6.80. The Bertz CT molecular complexity index is 1370. The monoisotopic (exact) mass is 502 g/mol. The van der Waals surface area contributed by atoms with Crippen LogP contribution >= 0.6 is 12.4 Å². The highest BCUT2D eigenvalue weighted by molar-refractivity contribution is 6.27. The summed E-state index contributed by atoms with van der Waals surface area (Å²) in [5.74, 6) is 1.76. The van der Waals surface area contributed by atoms with Crippen molar-refractivity contribution in [1.29, 1.82) is 0 Å². The Morgan fingerprint density at radius 2 is 1.60 bits per heavy atom. The molecular formula is C25H27ClN2O7. The van der Waals surface area contributed by atoms with Crippen molar-refractivity contribution in [3.63, 3.8) is 0 Å². The van der Waals surface area contributed by atoms with Crippen molar-refractivity contribution < 1.29 is 28.8 Å². The van der Waals surface area contributed by atoms with E-state index >= 15 is 0 Å². The lowest BCUT2D eigenvalue weighted by Crippen LogP contribution is -2.27. The van der Waals surface area contributed by atoms with Crippen molar-refractivity contribution >= 4 is 29.0 Å². The van der Waals surface area contributed by atoms with Crippen molar-refractivity contribution in [3.05, 3.63) is 45.7 Å². The van der Waals surface area contributed by atoms with Gasteiger partial charge in [0, 0.05) is 29.6 Å². The number of ketones is 1. The third-order valence-corrected chi connectivity index (χ3v) is 6.42. The first-order chi connectivity index (χ1) is 16.5. The Balaban J connectivity index is 0.00000289. The van der Waals surface area contributed by atoms with Gasteiger partial charge in [0.25, 0.3) is 5.56 Å². The molecule has 10 heteroatoms. The van der Waals surface area contributed by atoms with Crippen molar-refractivity contribution in [1.82, 2.24) is 9.47 Å². The van der Waals surface area contributed by atoms with E-state index < -0.39 is 0 Å². The number of aliphatic hydroxyl groups is 1. The molecule has 0 atom stereocenters. The van der Waals surface area contributed by atoms with Crippen molar-refractivity contribution in [2.75, 3.05) is 47.8 Å². The number of methoxy groups -OCH3 is 2. The maximum absolute atomic E-state index is 13.8. The number of aromatic nitrogens is 1. The van der Waals surface area contributed by atoms with E-state index in [0.29, 0.717) is 82.2 Å². The van der Waals surface area contributed by atoms with Crippen LogP contribution in [0, 0.1) is 0 Å². The van der Waals surface area contributed by atoms with E-state index in [2.05, 4.69) is 0 Å². The van der Waals surface area contributed by atoms with Crippen LogP contribution in [0.3, 0.4) is 0 Å². The van der Waals surface area contributed by atoms with E-state index in [1.807, 2.05) is 11.9 Å². The van der Waals surface area contributed by atoms with Gasteiger partial charge in [-0.25, -0.2) is 0 Å². The molecule has 0 spiro atoms. The summed E-state index contributed by atoms with van der Waals surface area (Å²) >= 11 is 0. The first-order valence-corrected chi connectivity index (χ1v) is 11.1. The van der Waals surface area contributed by atoms with Crippen LogP contribution in [-0.2, 0) is 6.54 Å². The zero-order valence-corrected chi connectivity index (χ0v) is 20.6. The van der Waals surface area contributed by atoms with Gasteiger partial charge in [0.05, 0.1) is 37.5 Å². The molecule has 0 unspecified atom stereocenters. The van der Waals surface area contributed by atoms with Gasteiger partial charge in [-0.2, -0.15) is 0 Å². The quantitative estimate of drug-likeness (QED) is 0.392. The Labute approximate surface area is 208 Å². The molecule has 1 aromatic heterocycles. The number of carbonyl (C=O) groups is 1. The molecular weight excluding hydrogens is 476 g/mol. The number of benzene rings is 2. The van der Waals surface area contributed by atoms with Crippen LogP contribution in [0.2, 0.25) is 0 Å². The SMILES string of the molecule is COc1cc2c3c(n(CCCN(C)CCO)c(=O)c2cc1OC)-c1cc2c(cc1C3=O)OCO2.Cl. The summed E-state index contributed by atoms with van der Waals surface area (Å²) in [5.41, 5.74) is 1.96. The molecule has 5 rings (SSSR count). The lowest BCUT2D eigenvalue weighted by molar-refractivity contribution is 0.104. The minimum Gasteiger partial charge on any atom is -0.493 e. The first kappa shape index (κ1) is 24.8. The molecule has 0 fully saturated rings. The molecule has 0 amide bonds. The summed E-state index contributed by atoms with van der Waals surface area (Å²) < 4.78 is 23.6. The summed E-state index contributed by atoms with van der Waals surface area (Å²) in [7, 11) is 4.94. The standard InChI is InChI=1S/C25H26N2O7.ClH/c1-26(7-8-28)5-4-6-27-23-15-10-20-21(34-13-33-20)11-16(15)24(29)22(23)14-9-18(31-2)19(32-3)12-17(14)25(27)30;/h9-12,28H,4-8,13H2,1-3H3;1H. The van der Waals surface area contributed by atoms with Crippen molar-refractivity contribution in [2.45, 2.75) is 13.0 Å². The number of fused-ring (bicyclic) bond motifs is 6. The maximum atomic E-state index is 13.8. The smallest absolute Gasteiger partial charge is 0.259 e. The van der Waals surface area contributed by atoms with Crippen LogP contribution in [0.4, 0.5) is 0 Å². The van der Waals surface area contributed by atoms with Crippen LogP contribution in [0.5, 0.6) is 23.0 Å². The molecule has 2 heterocycles. The first-order valence-electron chi connectivity index (χ1n) is 11.1. The maximum Gasteiger partial charge on any atom is 0.259 e. The Kier molecular flexibility index (Phi) is 6.93. The third kappa shape index (κ3) is 3.99. The predicted molar refractivity (Wildman–Crippen MR) is 133 cm³/mol. The zero-order valence-electron chi connectivity index (χ0n) is 19.8. The Morgan fingerprint density at radius 3 is 2.23 bits per heavy atom. The second-order valence-electron chi connectivity index (χ2n) is 8.39. The average molecular weight is 503 g/mol. The minimum absolute atomic E-state index is 0. The fourth-order valence-corrected chi connectivity index (χ4v) is 4.74. The van der Waals surface area contributed by atoms with Gasteiger partial charge in [-0.3, -0.25) is 9.59 Å². The topological polar surface area (TPSA) is 99.5 Å². The van der Waals surface area contributed by atoms with Gasteiger partial charge in [0.2, 0.25) is 6.79 Å². The highest BCUT2D eigenvalue weighted by atomic mass is 35.5. The third-order valence-electron chi connectivity index (χ3n) is 6.42. The second kappa shape index (κ2) is 9.77. The van der Waals surface area contributed by atoms with E-state index in [9.17, 15) is 14.7 Å². The molecule has 0 bridgehead atoms. The summed E-state index contributed by atoms with van der Waals surface area (Å²) in [6.45, 7) is 1.80. The molecule has 186 valence electrons. The number of rotatable bonds is 8.